The third-order valence-corrected chi connectivity index (χ3v) is 14.2. The number of para-hydroxylation sites is 1. The van der Waals surface area contributed by atoms with Crippen LogP contribution in [0.3, 0.4) is 0 Å². The Bertz CT molecular complexity index is 2150. The van der Waals surface area contributed by atoms with Crippen LogP contribution in [0.1, 0.15) is 64.7 Å². The highest BCUT2D eigenvalue weighted by Gasteiger charge is 2.63. The molecule has 13 heteroatoms. The van der Waals surface area contributed by atoms with Gasteiger partial charge in [0.25, 0.3) is 11.1 Å². The highest BCUT2D eigenvalue weighted by molar-refractivity contribution is 7.91. The van der Waals surface area contributed by atoms with Crippen molar-refractivity contribution in [2.24, 2.45) is 5.92 Å². The van der Waals surface area contributed by atoms with E-state index in [4.69, 9.17) is 4.74 Å². The van der Waals surface area contributed by atoms with Crippen LogP contribution < -0.4 is 20.1 Å². The van der Waals surface area contributed by atoms with E-state index in [9.17, 15) is 22.8 Å². The molecule has 2 aliphatic carbocycles. The van der Waals surface area contributed by atoms with Crippen LogP contribution in [0.15, 0.2) is 78.9 Å². The summed E-state index contributed by atoms with van der Waals surface area (Å²) in [7, 11) is -3.94. The van der Waals surface area contributed by atoms with Gasteiger partial charge in [0.2, 0.25) is 21.8 Å². The highest BCUT2D eigenvalue weighted by Crippen LogP contribution is 2.47. The Balaban J connectivity index is 1.10. The molecule has 4 aliphatic rings. The van der Waals surface area contributed by atoms with E-state index in [1.165, 1.54) is 11.3 Å². The number of carbonyl (C=O) groups is 3. The lowest BCUT2D eigenvalue weighted by Crippen LogP contribution is -2.58. The van der Waals surface area contributed by atoms with Gasteiger partial charge in [0.1, 0.15) is 23.7 Å². The zero-order valence-electron chi connectivity index (χ0n) is 29.0. The number of amides is 3. The van der Waals surface area contributed by atoms with Gasteiger partial charge < -0.3 is 20.3 Å². The number of benzene rings is 3. The molecule has 0 bridgehead atoms. The Labute approximate surface area is 307 Å². The number of anilines is 1. The average Bonchev–Trinajstić information content (AvgIpc) is 3.94. The molecule has 3 fully saturated rings. The van der Waals surface area contributed by atoms with Crippen molar-refractivity contribution in [3.8, 4) is 5.19 Å². The number of aromatic nitrogens is 1. The van der Waals surface area contributed by atoms with Crippen molar-refractivity contribution < 1.29 is 27.5 Å². The normalized spacial score (nSPS) is 27.5. The predicted molar refractivity (Wildman–Crippen MR) is 201 cm³/mol. The standard InChI is InChI=1S/C39H43N5O6S2/c1-38(19-20-38)52(48,49)43-36(47)39-23-27(39)13-5-3-2-4-6-15-31(40-28-18-17-25-11-7-8-12-26(25)21-28)35(46)44-24-29(22-32(44)34(45)42-39)50-37-41-30-14-9-10-16-33(30)51-37/h5,7-14,16-18,21,27,29,31-32,40H,2-4,6,15,19-20,22-24H2,1H3,(H,42,45)(H,43,47)/t27-,29-,31+,32+,39-/m1/s1. The first-order chi connectivity index (χ1) is 25.0. The molecule has 3 amide bonds. The van der Waals surface area contributed by atoms with Crippen molar-refractivity contribution in [2.75, 3.05) is 11.9 Å². The first kappa shape index (κ1) is 34.6. The summed E-state index contributed by atoms with van der Waals surface area (Å²) < 4.78 is 34.9. The van der Waals surface area contributed by atoms with E-state index in [1.54, 1.807) is 11.8 Å². The largest absolute Gasteiger partial charge is 0.465 e. The molecule has 2 aliphatic heterocycles. The number of carbonyl (C=O) groups excluding carboxylic acids is 3. The molecule has 5 atom stereocenters. The molecular formula is C39H43N5O6S2. The zero-order chi connectivity index (χ0) is 36.1. The fourth-order valence-electron chi connectivity index (χ4n) is 7.47. The van der Waals surface area contributed by atoms with Crippen LogP contribution in [-0.2, 0) is 24.4 Å². The molecule has 52 heavy (non-hydrogen) atoms. The lowest BCUT2D eigenvalue weighted by atomic mass is 10.0. The second kappa shape index (κ2) is 13.5. The van der Waals surface area contributed by atoms with Crippen LogP contribution in [0.5, 0.6) is 5.19 Å². The van der Waals surface area contributed by atoms with Gasteiger partial charge in [-0.15, -0.1) is 0 Å². The minimum absolute atomic E-state index is 0.151. The van der Waals surface area contributed by atoms with Crippen LogP contribution in [-0.4, -0.2) is 71.0 Å². The van der Waals surface area contributed by atoms with E-state index in [0.717, 1.165) is 52.4 Å². The van der Waals surface area contributed by atoms with E-state index < -0.39 is 50.3 Å². The summed E-state index contributed by atoms with van der Waals surface area (Å²) in [5.41, 5.74) is 0.178. The second-order valence-corrected chi connectivity index (χ2v) is 18.1. The summed E-state index contributed by atoms with van der Waals surface area (Å²) in [6, 6.07) is 20.2. The van der Waals surface area contributed by atoms with E-state index in [-0.39, 0.29) is 31.2 Å². The number of nitrogens with one attached hydrogen (secondary N) is 3. The van der Waals surface area contributed by atoms with E-state index in [2.05, 4.69) is 20.3 Å². The summed E-state index contributed by atoms with van der Waals surface area (Å²) in [6.45, 7) is 1.77. The Kier molecular flexibility index (Phi) is 8.97. The minimum atomic E-state index is -3.94. The van der Waals surface area contributed by atoms with Gasteiger partial charge in [-0.3, -0.25) is 19.1 Å². The maximum atomic E-state index is 14.7. The molecule has 11 nitrogen and oxygen atoms in total. The molecule has 3 aromatic carbocycles. The highest BCUT2D eigenvalue weighted by atomic mass is 32.2. The van der Waals surface area contributed by atoms with Crippen LogP contribution in [0.2, 0.25) is 0 Å². The first-order valence-corrected chi connectivity index (χ1v) is 20.5. The van der Waals surface area contributed by atoms with E-state index >= 15 is 0 Å². The summed E-state index contributed by atoms with van der Waals surface area (Å²) in [5, 5.41) is 9.05. The number of fused-ring (bicyclic) bond motifs is 4. The van der Waals surface area contributed by atoms with Crippen molar-refractivity contribution in [1.82, 2.24) is 19.9 Å². The molecule has 1 aromatic heterocycles. The van der Waals surface area contributed by atoms with Gasteiger partial charge in [0.05, 0.1) is 21.5 Å². The fourth-order valence-corrected chi connectivity index (χ4v) is 9.66. The SMILES string of the molecule is CC1(S(=O)(=O)NC(=O)[C@@]23C[C@H]2C=CCCCCC[C@H](Nc2ccc4ccccc4c2)C(=O)N2C[C@H](Oc4nc5ccccc5s4)C[C@H]2C(=O)N3)CC1. The van der Waals surface area contributed by atoms with E-state index in [0.29, 0.717) is 24.5 Å². The Morgan fingerprint density at radius 2 is 1.81 bits per heavy atom. The minimum Gasteiger partial charge on any atom is -0.465 e. The predicted octanol–water partition coefficient (Wildman–Crippen LogP) is 5.67. The van der Waals surface area contributed by atoms with Crippen LogP contribution >= 0.6 is 11.3 Å². The number of nitrogens with zero attached hydrogens (tertiary/aromatic N) is 2. The lowest BCUT2D eigenvalue weighted by Gasteiger charge is -2.30. The van der Waals surface area contributed by atoms with E-state index in [1.807, 2.05) is 78.9 Å². The maximum absolute atomic E-state index is 14.7. The van der Waals surface area contributed by atoms with Crippen LogP contribution in [0, 0.1) is 5.92 Å². The van der Waals surface area contributed by atoms with Gasteiger partial charge in [0.15, 0.2) is 0 Å². The average molecular weight is 742 g/mol. The molecule has 0 spiro atoms. The van der Waals surface area contributed by atoms with Crippen LogP contribution in [0.25, 0.3) is 21.0 Å². The molecule has 0 radical (unpaired) electrons. The Morgan fingerprint density at radius 1 is 1.02 bits per heavy atom. The molecule has 0 unspecified atom stereocenters. The molecule has 1 saturated heterocycles. The third kappa shape index (κ3) is 6.76. The van der Waals surface area contributed by atoms with Gasteiger partial charge in [-0.2, -0.15) is 0 Å². The molecule has 8 rings (SSSR count). The summed E-state index contributed by atoms with van der Waals surface area (Å²) in [4.78, 5) is 49.1. The molecule has 4 aromatic rings. The van der Waals surface area contributed by atoms with Crippen molar-refractivity contribution in [3.63, 3.8) is 0 Å². The lowest BCUT2D eigenvalue weighted by molar-refractivity contribution is -0.140. The number of allylic oxidation sites excluding steroid dienone is 1. The Hall–Kier alpha value is -4.49. The fraction of sp³-hybridized carbons (Fsp3) is 0.436. The smallest absolute Gasteiger partial charge is 0.274 e. The number of ether oxygens (including phenoxy) is 1. The molecule has 3 heterocycles. The zero-order valence-corrected chi connectivity index (χ0v) is 30.7. The van der Waals surface area contributed by atoms with Gasteiger partial charge in [-0.25, -0.2) is 13.4 Å². The molecule has 272 valence electrons. The molecule has 2 saturated carbocycles. The van der Waals surface area contributed by atoms with Gasteiger partial charge >= 0.3 is 0 Å². The number of sulfonamides is 1. The van der Waals surface area contributed by atoms with Crippen molar-refractivity contribution in [1.29, 1.82) is 0 Å². The summed E-state index contributed by atoms with van der Waals surface area (Å²) >= 11 is 1.40. The third-order valence-electron chi connectivity index (χ3n) is 11.1. The number of hydrogen-bond donors (Lipinski definition) is 3. The van der Waals surface area contributed by atoms with Gasteiger partial charge in [-0.05, 0) is 80.5 Å². The number of thiazole rings is 1. The first-order valence-electron chi connectivity index (χ1n) is 18.2. The second-order valence-electron chi connectivity index (χ2n) is 14.9. The quantitative estimate of drug-likeness (QED) is 0.206. The van der Waals surface area contributed by atoms with Crippen molar-refractivity contribution in [2.45, 2.75) is 93.2 Å². The topological polar surface area (TPSA) is 147 Å². The maximum Gasteiger partial charge on any atom is 0.274 e. The van der Waals surface area contributed by atoms with Crippen molar-refractivity contribution in [3.05, 3.63) is 78.9 Å². The summed E-state index contributed by atoms with van der Waals surface area (Å²) in [5.74, 6) is -1.84. The van der Waals surface area contributed by atoms with Crippen molar-refractivity contribution >= 4 is 65.8 Å². The Morgan fingerprint density at radius 3 is 2.62 bits per heavy atom. The number of hydrogen-bond acceptors (Lipinski definition) is 9. The summed E-state index contributed by atoms with van der Waals surface area (Å²) in [6.07, 6.45) is 8.73. The van der Waals surface area contributed by atoms with Gasteiger partial charge in [0, 0.05) is 18.0 Å². The van der Waals surface area contributed by atoms with Crippen LogP contribution in [0.4, 0.5) is 5.69 Å². The number of rotatable bonds is 7. The molecular weight excluding hydrogens is 699 g/mol. The van der Waals surface area contributed by atoms with Gasteiger partial charge in [-0.1, -0.05) is 78.8 Å². The monoisotopic (exact) mass is 741 g/mol. The molecule has 3 N–H and O–H groups in total.